The number of methoxy groups -OCH3 is 1. The van der Waals surface area contributed by atoms with E-state index in [0.717, 1.165) is 16.9 Å². The predicted molar refractivity (Wildman–Crippen MR) is 86.4 cm³/mol. The minimum Gasteiger partial charge on any atom is -0.497 e. The van der Waals surface area contributed by atoms with E-state index in [0.29, 0.717) is 5.66 Å². The summed E-state index contributed by atoms with van der Waals surface area (Å²) in [6.07, 6.45) is 1.72. The molecule has 1 aliphatic heterocycles. The number of ether oxygens (including phenoxy) is 1. The van der Waals surface area contributed by atoms with Crippen LogP contribution in [0.4, 0.5) is 0 Å². The topological polar surface area (TPSA) is 40.8 Å². The van der Waals surface area contributed by atoms with Crippen LogP contribution < -0.4 is 10.4 Å². The van der Waals surface area contributed by atoms with E-state index in [9.17, 15) is 0 Å². The van der Waals surface area contributed by atoms with Gasteiger partial charge in [-0.15, -0.1) is 0 Å². The van der Waals surface area contributed by atoms with Crippen LogP contribution in [0.25, 0.3) is 11.1 Å². The van der Waals surface area contributed by atoms with Gasteiger partial charge in [0.2, 0.25) is 0 Å². The molecule has 4 nitrogen and oxygen atoms in total. The molecule has 1 aliphatic rings. The highest BCUT2D eigenvalue weighted by atomic mass is 16.7. The Kier molecular flexibility index (Phi) is 3.58. The van der Waals surface area contributed by atoms with Crippen molar-refractivity contribution >= 4 is 12.8 Å². The molecule has 116 valence electrons. The molecule has 0 bridgehead atoms. The molecule has 1 saturated heterocycles. The molecule has 0 radical (unpaired) electrons. The number of hydrogen-bond donors (Lipinski definition) is 0. The van der Waals surface area contributed by atoms with Crippen LogP contribution in [0.3, 0.4) is 0 Å². The monoisotopic (exact) mass is 300 g/mol. The van der Waals surface area contributed by atoms with Crippen molar-refractivity contribution in [3.63, 3.8) is 0 Å². The summed E-state index contributed by atoms with van der Waals surface area (Å²) in [7, 11) is 1.17. The van der Waals surface area contributed by atoms with Gasteiger partial charge < -0.3 is 18.5 Å². The Hall–Kier alpha value is -1.72. The van der Waals surface area contributed by atoms with E-state index >= 15 is 0 Å². The molecule has 1 aromatic heterocycles. The van der Waals surface area contributed by atoms with Gasteiger partial charge in [0.25, 0.3) is 0 Å². The summed E-state index contributed by atoms with van der Waals surface area (Å²) < 4.78 is 22.9. The first-order valence-corrected chi connectivity index (χ1v) is 7.41. The highest BCUT2D eigenvalue weighted by Gasteiger charge is 2.53. The average Bonchev–Trinajstić information content (AvgIpc) is 3.02. The van der Waals surface area contributed by atoms with Crippen LogP contribution >= 0.6 is 0 Å². The van der Waals surface area contributed by atoms with Gasteiger partial charge in [0, 0.05) is 5.56 Å². The van der Waals surface area contributed by atoms with Gasteiger partial charge in [0.1, 0.15) is 11.4 Å². The number of rotatable bonds is 3. The molecule has 0 saturated carbocycles. The third-order valence-corrected chi connectivity index (χ3v) is 4.51. The van der Waals surface area contributed by atoms with Crippen LogP contribution in [0.2, 0.25) is 0 Å². The molecular formula is C17H21BO4. The van der Waals surface area contributed by atoms with Crippen LogP contribution in [0.15, 0.2) is 41.0 Å². The SMILES string of the molecule is COc1cccc(-c2coc(B3OC(C)(C)C(C)(C)O3)c2)c1. The molecule has 2 aromatic rings. The number of benzene rings is 1. The Morgan fingerprint density at radius 2 is 1.64 bits per heavy atom. The van der Waals surface area contributed by atoms with Gasteiger partial charge in [-0.3, -0.25) is 0 Å². The standard InChI is InChI=1S/C17H21BO4/c1-16(2)17(3,4)22-18(21-16)15-10-13(11-20-15)12-7-6-8-14(9-12)19-5/h6-11H,1-5H3. The fraction of sp³-hybridized carbons (Fsp3) is 0.412. The van der Waals surface area contributed by atoms with Crippen molar-refractivity contribution in [1.82, 2.24) is 0 Å². The maximum atomic E-state index is 6.00. The van der Waals surface area contributed by atoms with E-state index in [1.165, 1.54) is 0 Å². The molecule has 2 heterocycles. The smallest absolute Gasteiger partial charge is 0.497 e. The largest absolute Gasteiger partial charge is 0.532 e. The molecule has 1 fully saturated rings. The van der Waals surface area contributed by atoms with E-state index in [1.807, 2.05) is 58.0 Å². The van der Waals surface area contributed by atoms with Crippen LogP contribution in [-0.2, 0) is 9.31 Å². The highest BCUT2D eigenvalue weighted by molar-refractivity contribution is 6.60. The molecule has 1 aromatic carbocycles. The van der Waals surface area contributed by atoms with Crippen LogP contribution in [0, 0.1) is 0 Å². The lowest BCUT2D eigenvalue weighted by Crippen LogP contribution is -2.41. The zero-order valence-electron chi connectivity index (χ0n) is 13.7. The lowest BCUT2D eigenvalue weighted by atomic mass is 9.85. The molecule has 0 amide bonds. The average molecular weight is 300 g/mol. The number of furan rings is 1. The molecule has 3 rings (SSSR count). The third-order valence-electron chi connectivity index (χ3n) is 4.51. The summed E-state index contributed by atoms with van der Waals surface area (Å²) in [6, 6.07) is 9.81. The molecule has 22 heavy (non-hydrogen) atoms. The maximum absolute atomic E-state index is 6.00. The second kappa shape index (κ2) is 5.18. The van der Waals surface area contributed by atoms with Crippen molar-refractivity contribution in [3.8, 4) is 16.9 Å². The Balaban J connectivity index is 1.86. The van der Waals surface area contributed by atoms with Crippen molar-refractivity contribution in [1.29, 1.82) is 0 Å². The van der Waals surface area contributed by atoms with Crippen molar-refractivity contribution in [3.05, 3.63) is 36.6 Å². The Morgan fingerprint density at radius 1 is 0.955 bits per heavy atom. The van der Waals surface area contributed by atoms with Crippen molar-refractivity contribution in [2.75, 3.05) is 7.11 Å². The van der Waals surface area contributed by atoms with Gasteiger partial charge in [-0.1, -0.05) is 12.1 Å². The van der Waals surface area contributed by atoms with Gasteiger partial charge in [0.15, 0.2) is 0 Å². The summed E-state index contributed by atoms with van der Waals surface area (Å²) in [6.45, 7) is 8.11. The molecular weight excluding hydrogens is 279 g/mol. The fourth-order valence-corrected chi connectivity index (χ4v) is 2.39. The molecule has 0 atom stereocenters. The highest BCUT2D eigenvalue weighted by Crippen LogP contribution is 2.37. The van der Waals surface area contributed by atoms with E-state index in [2.05, 4.69) is 0 Å². The molecule has 0 unspecified atom stereocenters. The summed E-state index contributed by atoms with van der Waals surface area (Å²) in [5.41, 5.74) is 1.94. The zero-order valence-corrected chi connectivity index (χ0v) is 13.7. The van der Waals surface area contributed by atoms with E-state index in [1.54, 1.807) is 13.4 Å². The molecule has 0 spiro atoms. The molecule has 0 aliphatic carbocycles. The molecule has 0 N–H and O–H groups in total. The van der Waals surface area contributed by atoms with Gasteiger partial charge in [-0.25, -0.2) is 0 Å². The number of hydrogen-bond acceptors (Lipinski definition) is 4. The van der Waals surface area contributed by atoms with E-state index in [-0.39, 0.29) is 11.2 Å². The third kappa shape index (κ3) is 2.55. The normalized spacial score (nSPS) is 19.4. The van der Waals surface area contributed by atoms with Gasteiger partial charge in [-0.05, 0) is 51.5 Å². The Bertz CT molecular complexity index is 659. The fourth-order valence-electron chi connectivity index (χ4n) is 2.39. The maximum Gasteiger partial charge on any atom is 0.532 e. The summed E-state index contributed by atoms with van der Waals surface area (Å²) in [4.78, 5) is 0. The Labute approximate surface area is 131 Å². The second-order valence-electron chi connectivity index (χ2n) is 6.56. The second-order valence-corrected chi connectivity index (χ2v) is 6.56. The first kappa shape index (κ1) is 15.2. The van der Waals surface area contributed by atoms with Crippen LogP contribution in [0.1, 0.15) is 27.7 Å². The van der Waals surface area contributed by atoms with E-state index < -0.39 is 7.12 Å². The minimum atomic E-state index is -0.482. The van der Waals surface area contributed by atoms with Crippen molar-refractivity contribution < 1.29 is 18.5 Å². The van der Waals surface area contributed by atoms with Crippen molar-refractivity contribution in [2.24, 2.45) is 0 Å². The lowest BCUT2D eigenvalue weighted by Gasteiger charge is -2.32. The summed E-state index contributed by atoms with van der Waals surface area (Å²) in [5, 5.41) is 0. The van der Waals surface area contributed by atoms with Gasteiger partial charge >= 0.3 is 7.12 Å². The van der Waals surface area contributed by atoms with Crippen LogP contribution in [-0.4, -0.2) is 25.4 Å². The van der Waals surface area contributed by atoms with Crippen LogP contribution in [0.5, 0.6) is 5.75 Å². The van der Waals surface area contributed by atoms with Crippen molar-refractivity contribution in [2.45, 2.75) is 38.9 Å². The first-order chi connectivity index (χ1) is 10.3. The summed E-state index contributed by atoms with van der Waals surface area (Å²) in [5.74, 6) is 0.816. The first-order valence-electron chi connectivity index (χ1n) is 7.41. The van der Waals surface area contributed by atoms with Gasteiger partial charge in [0.05, 0.1) is 24.6 Å². The van der Waals surface area contributed by atoms with E-state index in [4.69, 9.17) is 18.5 Å². The lowest BCUT2D eigenvalue weighted by molar-refractivity contribution is 0.00578. The molecule has 5 heteroatoms. The Morgan fingerprint density at radius 3 is 2.27 bits per heavy atom. The quantitative estimate of drug-likeness (QED) is 0.816. The predicted octanol–water partition coefficient (Wildman–Crippen LogP) is 3.25. The van der Waals surface area contributed by atoms with Gasteiger partial charge in [-0.2, -0.15) is 0 Å². The summed E-state index contributed by atoms with van der Waals surface area (Å²) >= 11 is 0. The minimum absolute atomic E-state index is 0.374. The zero-order chi connectivity index (χ0) is 16.0.